The predicted octanol–water partition coefficient (Wildman–Crippen LogP) is 1.58. The van der Waals surface area contributed by atoms with Gasteiger partial charge in [0.15, 0.2) is 18.1 Å². The molecule has 1 N–H and O–H groups in total. The lowest BCUT2D eigenvalue weighted by atomic mass is 9.85. The first-order valence-corrected chi connectivity index (χ1v) is 7.79. The number of hydrogen-bond acceptors (Lipinski definition) is 4. The Bertz CT molecular complexity index is 568. The lowest BCUT2D eigenvalue weighted by molar-refractivity contribution is -0.131. The van der Waals surface area contributed by atoms with E-state index in [1.807, 2.05) is 12.1 Å². The molecule has 0 aromatic heterocycles. The van der Waals surface area contributed by atoms with Crippen LogP contribution in [0.15, 0.2) is 18.2 Å². The minimum absolute atomic E-state index is 0.0406. The maximum absolute atomic E-state index is 11.9. The van der Waals surface area contributed by atoms with Gasteiger partial charge in [0, 0.05) is 26.6 Å². The average Bonchev–Trinajstić information content (AvgIpc) is 2.48. The molecule has 6 nitrogen and oxygen atoms in total. The molecule has 126 valence electrons. The summed E-state index contributed by atoms with van der Waals surface area (Å²) in [6, 6.07) is 5.43. The van der Waals surface area contributed by atoms with Crippen molar-refractivity contribution >= 4 is 11.8 Å². The fraction of sp³-hybridized carbons (Fsp3) is 0.529. The molecule has 0 radical (unpaired) electrons. The highest BCUT2D eigenvalue weighted by Crippen LogP contribution is 2.29. The number of rotatable bonds is 7. The summed E-state index contributed by atoms with van der Waals surface area (Å²) in [6.07, 6.45) is 3.12. The van der Waals surface area contributed by atoms with E-state index in [0.717, 1.165) is 24.8 Å². The fourth-order valence-electron chi connectivity index (χ4n) is 2.21. The van der Waals surface area contributed by atoms with Crippen molar-refractivity contribution in [1.29, 1.82) is 0 Å². The fourth-order valence-corrected chi connectivity index (χ4v) is 2.21. The van der Waals surface area contributed by atoms with Crippen LogP contribution in [0.2, 0.25) is 0 Å². The molecule has 1 saturated carbocycles. The SMILES string of the molecule is COc1cc(CNC(=O)C2CCC2)ccc1OCC(=O)N(C)C. The molecular formula is C17H24N2O4. The highest BCUT2D eigenvalue weighted by Gasteiger charge is 2.24. The number of nitrogens with one attached hydrogen (secondary N) is 1. The predicted molar refractivity (Wildman–Crippen MR) is 86.4 cm³/mol. The Labute approximate surface area is 136 Å². The lowest BCUT2D eigenvalue weighted by Crippen LogP contribution is -2.33. The highest BCUT2D eigenvalue weighted by molar-refractivity contribution is 5.79. The molecule has 1 aliphatic rings. The maximum atomic E-state index is 11.9. The van der Waals surface area contributed by atoms with E-state index in [9.17, 15) is 9.59 Å². The van der Waals surface area contributed by atoms with Crippen molar-refractivity contribution in [3.8, 4) is 11.5 Å². The van der Waals surface area contributed by atoms with Crippen LogP contribution in [0.25, 0.3) is 0 Å². The molecular weight excluding hydrogens is 296 g/mol. The Morgan fingerprint density at radius 2 is 2.00 bits per heavy atom. The first kappa shape index (κ1) is 17.1. The molecule has 1 aliphatic carbocycles. The van der Waals surface area contributed by atoms with Crippen LogP contribution in [0, 0.1) is 5.92 Å². The number of carbonyl (C=O) groups excluding carboxylic acids is 2. The zero-order valence-electron chi connectivity index (χ0n) is 13.9. The Balaban J connectivity index is 1.92. The van der Waals surface area contributed by atoms with E-state index >= 15 is 0 Å². The molecule has 0 heterocycles. The molecule has 2 amide bonds. The summed E-state index contributed by atoms with van der Waals surface area (Å²) < 4.78 is 10.8. The van der Waals surface area contributed by atoms with E-state index in [0.29, 0.717) is 18.0 Å². The maximum Gasteiger partial charge on any atom is 0.259 e. The topological polar surface area (TPSA) is 67.9 Å². The summed E-state index contributed by atoms with van der Waals surface area (Å²) in [6.45, 7) is 0.420. The zero-order valence-corrected chi connectivity index (χ0v) is 13.9. The van der Waals surface area contributed by atoms with E-state index in [2.05, 4.69) is 5.32 Å². The van der Waals surface area contributed by atoms with Gasteiger partial charge in [-0.1, -0.05) is 12.5 Å². The van der Waals surface area contributed by atoms with E-state index in [4.69, 9.17) is 9.47 Å². The molecule has 0 unspecified atom stereocenters. The standard InChI is InChI=1S/C17H24N2O4/c1-19(2)16(20)11-23-14-8-7-12(9-15(14)22-3)10-18-17(21)13-5-4-6-13/h7-9,13H,4-6,10-11H2,1-3H3,(H,18,21). The van der Waals surface area contributed by atoms with Gasteiger partial charge in [-0.2, -0.15) is 0 Å². The summed E-state index contributed by atoms with van der Waals surface area (Å²) in [4.78, 5) is 24.9. The quantitative estimate of drug-likeness (QED) is 0.828. The van der Waals surface area contributed by atoms with E-state index in [1.54, 1.807) is 27.3 Å². The van der Waals surface area contributed by atoms with Crippen LogP contribution in [0.5, 0.6) is 11.5 Å². The van der Waals surface area contributed by atoms with Gasteiger partial charge in [0.1, 0.15) is 0 Å². The molecule has 0 spiro atoms. The van der Waals surface area contributed by atoms with Gasteiger partial charge in [-0.3, -0.25) is 9.59 Å². The van der Waals surface area contributed by atoms with Crippen LogP contribution in [-0.2, 0) is 16.1 Å². The molecule has 1 aromatic rings. The van der Waals surface area contributed by atoms with Gasteiger partial charge >= 0.3 is 0 Å². The van der Waals surface area contributed by atoms with Crippen molar-refractivity contribution in [2.75, 3.05) is 27.8 Å². The molecule has 0 bridgehead atoms. The molecule has 1 aromatic carbocycles. The molecule has 6 heteroatoms. The first-order chi connectivity index (χ1) is 11.0. The van der Waals surface area contributed by atoms with Gasteiger partial charge < -0.3 is 19.7 Å². The number of ether oxygens (including phenoxy) is 2. The Morgan fingerprint density at radius 1 is 1.26 bits per heavy atom. The van der Waals surface area contributed by atoms with Crippen molar-refractivity contribution in [1.82, 2.24) is 10.2 Å². The number of carbonyl (C=O) groups is 2. The summed E-state index contributed by atoms with van der Waals surface area (Å²) in [5.74, 6) is 1.23. The van der Waals surface area contributed by atoms with Crippen LogP contribution in [0.4, 0.5) is 0 Å². The third-order valence-electron chi connectivity index (χ3n) is 4.02. The second kappa shape index (κ2) is 7.85. The van der Waals surface area contributed by atoms with E-state index < -0.39 is 0 Å². The first-order valence-electron chi connectivity index (χ1n) is 7.79. The minimum atomic E-state index is -0.121. The highest BCUT2D eigenvalue weighted by atomic mass is 16.5. The monoisotopic (exact) mass is 320 g/mol. The summed E-state index contributed by atoms with van der Waals surface area (Å²) in [5, 5.41) is 2.94. The van der Waals surface area contributed by atoms with Gasteiger partial charge in [-0.25, -0.2) is 0 Å². The minimum Gasteiger partial charge on any atom is -0.493 e. The van der Waals surface area contributed by atoms with Crippen LogP contribution >= 0.6 is 0 Å². The summed E-state index contributed by atoms with van der Waals surface area (Å²) in [7, 11) is 4.90. The normalized spacial score (nSPS) is 13.9. The number of hydrogen-bond donors (Lipinski definition) is 1. The van der Waals surface area contributed by atoms with E-state index in [1.165, 1.54) is 4.90 Å². The number of nitrogens with zero attached hydrogens (tertiary/aromatic N) is 1. The smallest absolute Gasteiger partial charge is 0.259 e. The van der Waals surface area contributed by atoms with Gasteiger partial charge in [-0.05, 0) is 30.5 Å². The van der Waals surface area contributed by atoms with Crippen molar-refractivity contribution in [3.63, 3.8) is 0 Å². The van der Waals surface area contributed by atoms with Crippen LogP contribution in [0.3, 0.4) is 0 Å². The molecule has 1 fully saturated rings. The summed E-state index contributed by atoms with van der Waals surface area (Å²) in [5.41, 5.74) is 0.931. The van der Waals surface area contributed by atoms with Crippen LogP contribution < -0.4 is 14.8 Å². The van der Waals surface area contributed by atoms with Gasteiger partial charge in [0.2, 0.25) is 5.91 Å². The molecule has 0 saturated heterocycles. The Morgan fingerprint density at radius 3 is 2.57 bits per heavy atom. The zero-order chi connectivity index (χ0) is 16.8. The molecule has 0 aliphatic heterocycles. The second-order valence-electron chi connectivity index (χ2n) is 5.91. The average molecular weight is 320 g/mol. The number of benzene rings is 1. The lowest BCUT2D eigenvalue weighted by Gasteiger charge is -2.24. The third kappa shape index (κ3) is 4.61. The van der Waals surface area contributed by atoms with Crippen molar-refractivity contribution in [2.45, 2.75) is 25.8 Å². The van der Waals surface area contributed by atoms with Crippen molar-refractivity contribution < 1.29 is 19.1 Å². The van der Waals surface area contributed by atoms with Crippen LogP contribution in [-0.4, -0.2) is 44.5 Å². The Kier molecular flexibility index (Phi) is 5.84. The van der Waals surface area contributed by atoms with Gasteiger partial charge in [-0.15, -0.1) is 0 Å². The Hall–Kier alpha value is -2.24. The summed E-state index contributed by atoms with van der Waals surface area (Å²) >= 11 is 0. The van der Waals surface area contributed by atoms with Crippen molar-refractivity contribution in [3.05, 3.63) is 23.8 Å². The number of methoxy groups -OCH3 is 1. The molecule has 2 rings (SSSR count). The molecule has 0 atom stereocenters. The second-order valence-corrected chi connectivity index (χ2v) is 5.91. The van der Waals surface area contributed by atoms with Crippen LogP contribution in [0.1, 0.15) is 24.8 Å². The molecule has 23 heavy (non-hydrogen) atoms. The third-order valence-corrected chi connectivity index (χ3v) is 4.02. The van der Waals surface area contributed by atoms with Gasteiger partial charge in [0.25, 0.3) is 5.91 Å². The number of amides is 2. The number of likely N-dealkylation sites (N-methyl/N-ethyl adjacent to an activating group) is 1. The van der Waals surface area contributed by atoms with E-state index in [-0.39, 0.29) is 24.3 Å². The van der Waals surface area contributed by atoms with Gasteiger partial charge in [0.05, 0.1) is 7.11 Å². The largest absolute Gasteiger partial charge is 0.493 e. The van der Waals surface area contributed by atoms with Crippen molar-refractivity contribution in [2.24, 2.45) is 5.92 Å².